The number of carbonyl (C=O) groups excluding carboxylic acids is 4. The Morgan fingerprint density at radius 3 is 2.50 bits per heavy atom. The van der Waals surface area contributed by atoms with E-state index in [0.29, 0.717) is 18.4 Å². The molecule has 40 heavy (non-hydrogen) atoms. The number of rotatable bonds is 7. The highest BCUT2D eigenvalue weighted by molar-refractivity contribution is 6.23. The molecule has 10 nitrogen and oxygen atoms in total. The van der Waals surface area contributed by atoms with E-state index in [1.165, 1.54) is 12.3 Å². The van der Waals surface area contributed by atoms with Crippen LogP contribution in [0.4, 0.5) is 10.1 Å². The summed E-state index contributed by atoms with van der Waals surface area (Å²) >= 11 is 0. The van der Waals surface area contributed by atoms with E-state index in [-0.39, 0.29) is 35.8 Å². The highest BCUT2D eigenvalue weighted by Gasteiger charge is 2.44. The van der Waals surface area contributed by atoms with Gasteiger partial charge in [-0.1, -0.05) is 0 Å². The van der Waals surface area contributed by atoms with Crippen LogP contribution in [0.5, 0.6) is 0 Å². The lowest BCUT2D eigenvalue weighted by Crippen LogP contribution is -2.54. The number of hydrogen-bond donors (Lipinski definition) is 2. The van der Waals surface area contributed by atoms with Crippen molar-refractivity contribution in [2.45, 2.75) is 56.5 Å². The number of halogens is 1. The van der Waals surface area contributed by atoms with Crippen molar-refractivity contribution < 1.29 is 23.6 Å². The fourth-order valence-corrected chi connectivity index (χ4v) is 5.91. The van der Waals surface area contributed by atoms with Gasteiger partial charge in [0.1, 0.15) is 11.9 Å². The number of nitrogens with zero attached hydrogens (tertiary/aromatic N) is 4. The molecule has 1 saturated heterocycles. The molecular formula is C29H27FN6O4. The van der Waals surface area contributed by atoms with E-state index in [4.69, 9.17) is 5.10 Å². The second-order valence-electron chi connectivity index (χ2n) is 11.1. The van der Waals surface area contributed by atoms with Crippen molar-refractivity contribution in [3.63, 3.8) is 0 Å². The Morgan fingerprint density at radius 2 is 1.77 bits per heavy atom. The summed E-state index contributed by atoms with van der Waals surface area (Å²) in [6, 6.07) is 7.48. The van der Waals surface area contributed by atoms with Crippen molar-refractivity contribution in [3.8, 4) is 11.3 Å². The molecule has 2 aliphatic carbocycles. The first kappa shape index (κ1) is 24.6. The Labute approximate surface area is 228 Å². The monoisotopic (exact) mass is 542 g/mol. The van der Waals surface area contributed by atoms with Crippen LogP contribution in [0.25, 0.3) is 11.3 Å². The van der Waals surface area contributed by atoms with Gasteiger partial charge in [0.15, 0.2) is 0 Å². The number of piperidine rings is 1. The summed E-state index contributed by atoms with van der Waals surface area (Å²) in [6.07, 6.45) is 7.61. The Hall–Kier alpha value is -4.41. The molecule has 2 aliphatic heterocycles. The normalized spacial score (nSPS) is 24.1. The van der Waals surface area contributed by atoms with Crippen LogP contribution >= 0.6 is 0 Å². The highest BCUT2D eigenvalue weighted by Crippen LogP contribution is 2.45. The van der Waals surface area contributed by atoms with E-state index in [0.717, 1.165) is 53.2 Å². The SMILES string of the molecule is O=C1CCC(N2C(=O)c3ccc(NC[C@H]4C[C@H](n5cc(-c6ccc(F)cn6)c(C6CC6)n5)C4)cc3C2=O)C(=O)N1. The van der Waals surface area contributed by atoms with Crippen molar-refractivity contribution in [2.75, 3.05) is 11.9 Å². The van der Waals surface area contributed by atoms with Crippen LogP contribution < -0.4 is 10.6 Å². The zero-order valence-corrected chi connectivity index (χ0v) is 21.6. The summed E-state index contributed by atoms with van der Waals surface area (Å²) in [6.45, 7) is 0.706. The number of benzene rings is 1. The summed E-state index contributed by atoms with van der Waals surface area (Å²) in [5.41, 5.74) is 4.02. The molecule has 11 heteroatoms. The molecule has 4 amide bonds. The Morgan fingerprint density at radius 1 is 0.975 bits per heavy atom. The topological polar surface area (TPSA) is 126 Å². The fourth-order valence-electron chi connectivity index (χ4n) is 5.91. The summed E-state index contributed by atoms with van der Waals surface area (Å²) in [4.78, 5) is 55.0. The van der Waals surface area contributed by atoms with Gasteiger partial charge in [0.2, 0.25) is 11.8 Å². The minimum Gasteiger partial charge on any atom is -0.385 e. The number of amides is 4. The third kappa shape index (κ3) is 4.25. The number of aromatic nitrogens is 3. The van der Waals surface area contributed by atoms with Crippen LogP contribution in [0, 0.1) is 11.7 Å². The number of carbonyl (C=O) groups is 4. The van der Waals surface area contributed by atoms with E-state index < -0.39 is 29.7 Å². The van der Waals surface area contributed by atoms with Crippen LogP contribution in [-0.4, -0.2) is 55.9 Å². The van der Waals surface area contributed by atoms with Crippen LogP contribution in [0.3, 0.4) is 0 Å². The van der Waals surface area contributed by atoms with Gasteiger partial charge in [-0.2, -0.15) is 5.10 Å². The quantitative estimate of drug-likeness (QED) is 0.438. The average molecular weight is 543 g/mol. The second-order valence-corrected chi connectivity index (χ2v) is 11.1. The third-order valence-electron chi connectivity index (χ3n) is 8.35. The van der Waals surface area contributed by atoms with Gasteiger partial charge in [-0.15, -0.1) is 0 Å². The van der Waals surface area contributed by atoms with Crippen LogP contribution in [-0.2, 0) is 9.59 Å². The summed E-state index contributed by atoms with van der Waals surface area (Å²) in [5, 5.41) is 10.5. The van der Waals surface area contributed by atoms with Crippen molar-refractivity contribution in [3.05, 3.63) is 65.4 Å². The molecule has 3 fully saturated rings. The zero-order valence-electron chi connectivity index (χ0n) is 21.6. The largest absolute Gasteiger partial charge is 0.385 e. The molecule has 2 N–H and O–H groups in total. The molecule has 204 valence electrons. The van der Waals surface area contributed by atoms with E-state index in [2.05, 4.69) is 15.6 Å². The zero-order chi connectivity index (χ0) is 27.5. The third-order valence-corrected chi connectivity index (χ3v) is 8.35. The lowest BCUT2D eigenvalue weighted by atomic mass is 9.80. The van der Waals surface area contributed by atoms with E-state index in [1.807, 2.05) is 10.9 Å². The van der Waals surface area contributed by atoms with Crippen LogP contribution in [0.15, 0.2) is 42.7 Å². The number of fused-ring (bicyclic) bond motifs is 1. The molecule has 1 unspecified atom stereocenters. The highest BCUT2D eigenvalue weighted by atomic mass is 19.1. The predicted octanol–water partition coefficient (Wildman–Crippen LogP) is 3.43. The molecular weight excluding hydrogens is 515 g/mol. The van der Waals surface area contributed by atoms with Gasteiger partial charge in [0.05, 0.1) is 34.8 Å². The van der Waals surface area contributed by atoms with Gasteiger partial charge in [-0.25, -0.2) is 4.39 Å². The molecule has 0 bridgehead atoms. The van der Waals surface area contributed by atoms with Gasteiger partial charge in [-0.05, 0) is 68.4 Å². The minimum absolute atomic E-state index is 0.0872. The average Bonchev–Trinajstić information content (AvgIpc) is 3.63. The Balaban J connectivity index is 0.986. The predicted molar refractivity (Wildman–Crippen MR) is 141 cm³/mol. The van der Waals surface area contributed by atoms with Gasteiger partial charge < -0.3 is 5.32 Å². The number of nitrogens with one attached hydrogen (secondary N) is 2. The number of anilines is 1. The standard InChI is InChI=1S/C29H27FN6O4/c30-17-3-6-23(32-13-17)22-14-35(34-26(22)16-1-2-16)19-9-15(10-19)12-31-18-4-5-20-21(11-18)29(40)36(28(20)39)24-7-8-25(37)33-27(24)38/h3-6,11,13-16,19,24,31H,1-2,7-10,12H2,(H,33,37,38)/t15-,19-,24?. The van der Waals surface area contributed by atoms with E-state index in [1.54, 1.807) is 24.3 Å². The van der Waals surface area contributed by atoms with Gasteiger partial charge in [0.25, 0.3) is 11.8 Å². The molecule has 1 atom stereocenters. The van der Waals surface area contributed by atoms with Gasteiger partial charge in [0, 0.05) is 36.3 Å². The molecule has 0 spiro atoms. The maximum Gasteiger partial charge on any atom is 0.262 e. The van der Waals surface area contributed by atoms with Crippen molar-refractivity contribution >= 4 is 29.3 Å². The van der Waals surface area contributed by atoms with Crippen molar-refractivity contribution in [2.24, 2.45) is 5.92 Å². The lowest BCUT2D eigenvalue weighted by molar-refractivity contribution is -0.136. The van der Waals surface area contributed by atoms with Crippen molar-refractivity contribution in [1.82, 2.24) is 25.0 Å². The molecule has 0 radical (unpaired) electrons. The first-order chi connectivity index (χ1) is 19.4. The van der Waals surface area contributed by atoms with E-state index in [9.17, 15) is 23.6 Å². The first-order valence-electron chi connectivity index (χ1n) is 13.7. The number of hydrogen-bond acceptors (Lipinski definition) is 7. The number of imide groups is 2. The second kappa shape index (κ2) is 9.35. The Kier molecular flexibility index (Phi) is 5.76. The molecule has 4 aliphatic rings. The fraction of sp³-hybridized carbons (Fsp3) is 0.379. The molecule has 1 aromatic carbocycles. The molecule has 4 heterocycles. The molecule has 2 saturated carbocycles. The smallest absolute Gasteiger partial charge is 0.262 e. The summed E-state index contributed by atoms with van der Waals surface area (Å²) < 4.78 is 15.4. The minimum atomic E-state index is -0.976. The molecule has 2 aromatic heterocycles. The van der Waals surface area contributed by atoms with Crippen molar-refractivity contribution in [1.29, 1.82) is 0 Å². The molecule has 3 aromatic rings. The Bertz CT molecular complexity index is 1560. The first-order valence-corrected chi connectivity index (χ1v) is 13.7. The summed E-state index contributed by atoms with van der Waals surface area (Å²) in [7, 11) is 0. The van der Waals surface area contributed by atoms with Crippen LogP contribution in [0.2, 0.25) is 0 Å². The summed E-state index contributed by atoms with van der Waals surface area (Å²) in [5.74, 6) is -1.54. The van der Waals surface area contributed by atoms with Crippen LogP contribution in [0.1, 0.15) is 76.9 Å². The number of pyridine rings is 1. The molecule has 7 rings (SSSR count). The van der Waals surface area contributed by atoms with Gasteiger partial charge in [-0.3, -0.25) is 39.1 Å². The lowest BCUT2D eigenvalue weighted by Gasteiger charge is -2.35. The van der Waals surface area contributed by atoms with Gasteiger partial charge >= 0.3 is 0 Å². The maximum atomic E-state index is 13.4. The maximum absolute atomic E-state index is 13.4. The van der Waals surface area contributed by atoms with E-state index >= 15 is 0 Å².